The van der Waals surface area contributed by atoms with Crippen LogP contribution in [0.2, 0.25) is 5.02 Å². The van der Waals surface area contributed by atoms with Crippen LogP contribution in [0.15, 0.2) is 12.1 Å². The third-order valence-corrected chi connectivity index (χ3v) is 4.97. The second-order valence-corrected chi connectivity index (χ2v) is 6.33. The Balaban J connectivity index is 0.00000200. The van der Waals surface area contributed by atoms with E-state index in [4.69, 9.17) is 21.1 Å². The van der Waals surface area contributed by atoms with Gasteiger partial charge in [-0.2, -0.15) is 5.66 Å². The maximum absolute atomic E-state index is 12.5. The van der Waals surface area contributed by atoms with Crippen molar-refractivity contribution in [1.82, 2.24) is 0 Å². The number of halogens is 1. The van der Waals surface area contributed by atoms with Gasteiger partial charge in [0.05, 0.1) is 24.8 Å². The molecule has 0 aromatic heterocycles. The molecule has 1 saturated carbocycles. The van der Waals surface area contributed by atoms with Gasteiger partial charge in [-0.05, 0) is 12.1 Å². The van der Waals surface area contributed by atoms with Crippen LogP contribution in [-0.2, 0) is 0 Å². The molecule has 20 heavy (non-hydrogen) atoms. The molecule has 1 aliphatic rings. The van der Waals surface area contributed by atoms with Crippen LogP contribution < -0.4 is 28.3 Å². The van der Waals surface area contributed by atoms with E-state index in [0.29, 0.717) is 27.7 Å². The first-order chi connectivity index (χ1) is 9.17. The summed E-state index contributed by atoms with van der Waals surface area (Å²) in [5, 5.41) is 0.438. The van der Waals surface area contributed by atoms with Gasteiger partial charge in [-0.3, -0.25) is 0 Å². The smallest absolute Gasteiger partial charge is 0.496 e. The molecule has 0 saturated heterocycles. The van der Waals surface area contributed by atoms with Crippen molar-refractivity contribution < 1.29 is 33.1 Å². The maximum atomic E-state index is 12.5. The van der Waals surface area contributed by atoms with Crippen LogP contribution in [0.3, 0.4) is 0 Å². The van der Waals surface area contributed by atoms with E-state index in [2.05, 4.69) is 0 Å². The second kappa shape index (κ2) is 8.30. The topological polar surface area (TPSA) is 35.5 Å². The fourth-order valence-corrected chi connectivity index (χ4v) is 3.91. The minimum absolute atomic E-state index is 0. The minimum atomic E-state index is 0. The summed E-state index contributed by atoms with van der Waals surface area (Å²) in [6.45, 7) is 0. The molecule has 2 rings (SSSR count). The van der Waals surface area contributed by atoms with E-state index in [1.807, 2.05) is 0 Å². The van der Waals surface area contributed by atoms with Gasteiger partial charge < -0.3 is 22.8 Å². The molecule has 1 aromatic rings. The molecule has 0 N–H and O–H groups in total. The van der Waals surface area contributed by atoms with E-state index < -0.39 is 0 Å². The zero-order valence-corrected chi connectivity index (χ0v) is 13.8. The fraction of sp³-hybridized carbons (Fsp3) is 0.500. The largest absolute Gasteiger partial charge is 1.00 e. The molecule has 3 nitrogen and oxygen atoms in total. The van der Waals surface area contributed by atoms with Gasteiger partial charge in [0.2, 0.25) is 0 Å². The monoisotopic (exact) mass is 306 g/mol. The summed E-state index contributed by atoms with van der Waals surface area (Å²) in [5.41, 5.74) is 0.954. The summed E-state index contributed by atoms with van der Waals surface area (Å²) in [6, 6.07) is 3.39. The van der Waals surface area contributed by atoms with Crippen LogP contribution in [0.4, 0.5) is 0 Å². The van der Waals surface area contributed by atoms with Gasteiger partial charge in [0.25, 0.3) is 0 Å². The fourth-order valence-electron chi connectivity index (χ4n) is 2.38. The second-order valence-electron chi connectivity index (χ2n) is 4.53. The Morgan fingerprint density at radius 1 is 1.25 bits per heavy atom. The predicted octanol–water partition coefficient (Wildman–Crippen LogP) is 1.39. The number of hydrogen-bond donors (Lipinski definition) is 0. The standard InChI is InChI=1S/C14H17ClO3P.Li/c1-17-11-8-7-10(15)13(18-2)12(11)14(16)19-9-5-3-4-6-9;/h7-9H,3-6H2,1-2H3;/q-1;+1. The molecule has 0 spiro atoms. The van der Waals surface area contributed by atoms with Crippen LogP contribution in [0.5, 0.6) is 11.5 Å². The van der Waals surface area contributed by atoms with Crippen molar-refractivity contribution in [1.29, 1.82) is 0 Å². The minimum Gasteiger partial charge on any atom is -0.496 e. The SMILES string of the molecule is COc1ccc(Cl)c(OC)c1C(=O)[P-]C1CCCC1.[Li+]. The number of carbonyl (C=O) groups excluding carboxylic acids is 1. The molecule has 0 unspecified atom stereocenters. The molecule has 0 atom stereocenters. The van der Waals surface area contributed by atoms with Crippen molar-refractivity contribution in [3.63, 3.8) is 0 Å². The third kappa shape index (κ3) is 3.92. The van der Waals surface area contributed by atoms with Gasteiger partial charge in [-0.1, -0.05) is 37.3 Å². The number of ether oxygens (including phenoxy) is 2. The van der Waals surface area contributed by atoms with Crippen LogP contribution >= 0.6 is 20.2 Å². The Hall–Kier alpha value is -0.193. The van der Waals surface area contributed by atoms with Crippen molar-refractivity contribution in [2.75, 3.05) is 14.2 Å². The molecule has 0 radical (unpaired) electrons. The van der Waals surface area contributed by atoms with Crippen molar-refractivity contribution in [3.8, 4) is 11.5 Å². The quantitative estimate of drug-likeness (QED) is 0.609. The summed E-state index contributed by atoms with van der Waals surface area (Å²) in [7, 11) is 3.89. The third-order valence-electron chi connectivity index (χ3n) is 3.33. The summed E-state index contributed by atoms with van der Waals surface area (Å²) < 4.78 is 10.5. The molecule has 1 fully saturated rings. The van der Waals surface area contributed by atoms with E-state index >= 15 is 0 Å². The molecule has 0 heterocycles. The van der Waals surface area contributed by atoms with E-state index in [1.54, 1.807) is 19.2 Å². The summed E-state index contributed by atoms with van der Waals surface area (Å²) in [4.78, 5) is 12.5. The molecule has 6 heteroatoms. The summed E-state index contributed by atoms with van der Waals surface area (Å²) >= 11 is 6.08. The van der Waals surface area contributed by atoms with Gasteiger partial charge in [0.1, 0.15) is 11.5 Å². The van der Waals surface area contributed by atoms with Gasteiger partial charge in [0, 0.05) is 5.52 Å². The Morgan fingerprint density at radius 2 is 1.90 bits per heavy atom. The normalized spacial score (nSPS) is 15.3. The summed E-state index contributed by atoms with van der Waals surface area (Å²) in [6.07, 6.45) is 4.68. The van der Waals surface area contributed by atoms with Crippen LogP contribution in [0, 0.1) is 0 Å². The molecule has 0 bridgehead atoms. The van der Waals surface area contributed by atoms with Crippen LogP contribution in [-0.4, -0.2) is 25.4 Å². The van der Waals surface area contributed by atoms with Crippen molar-refractivity contribution >= 4 is 25.7 Å². The molecule has 1 aromatic carbocycles. The van der Waals surface area contributed by atoms with Crippen molar-refractivity contribution in [3.05, 3.63) is 22.7 Å². The van der Waals surface area contributed by atoms with Gasteiger partial charge in [0.15, 0.2) is 0 Å². The number of carbonyl (C=O) groups is 1. The number of hydrogen-bond acceptors (Lipinski definition) is 3. The predicted molar refractivity (Wildman–Crippen MR) is 78.1 cm³/mol. The van der Waals surface area contributed by atoms with Gasteiger partial charge in [-0.25, -0.2) is 0 Å². The average Bonchev–Trinajstić information content (AvgIpc) is 2.91. The van der Waals surface area contributed by atoms with E-state index in [0.717, 1.165) is 21.4 Å². The van der Waals surface area contributed by atoms with E-state index in [9.17, 15) is 4.79 Å². The first-order valence-electron chi connectivity index (χ1n) is 6.33. The molecule has 0 amide bonds. The van der Waals surface area contributed by atoms with E-state index in [-0.39, 0.29) is 24.4 Å². The van der Waals surface area contributed by atoms with Gasteiger partial charge >= 0.3 is 18.9 Å². The average molecular weight is 307 g/mol. The first kappa shape index (κ1) is 17.9. The van der Waals surface area contributed by atoms with Crippen LogP contribution in [0.1, 0.15) is 36.0 Å². The molecule has 104 valence electrons. The Kier molecular flexibility index (Phi) is 7.41. The number of benzene rings is 1. The number of rotatable bonds is 5. The zero-order chi connectivity index (χ0) is 13.8. The van der Waals surface area contributed by atoms with E-state index in [1.165, 1.54) is 20.0 Å². The summed E-state index contributed by atoms with van der Waals surface area (Å²) in [5.74, 6) is 0.938. The van der Waals surface area contributed by atoms with Crippen LogP contribution in [0.25, 0.3) is 0 Å². The molecule has 1 aliphatic carbocycles. The Bertz CT molecular complexity index is 476. The molecular formula is C14H17ClLiO3P. The molecule has 0 aliphatic heterocycles. The van der Waals surface area contributed by atoms with Gasteiger partial charge in [-0.15, -0.1) is 0 Å². The Labute approximate surface area is 138 Å². The maximum Gasteiger partial charge on any atom is 1.00 e. The first-order valence-corrected chi connectivity index (χ1v) is 7.67. The Morgan fingerprint density at radius 3 is 2.45 bits per heavy atom. The van der Waals surface area contributed by atoms with Crippen molar-refractivity contribution in [2.45, 2.75) is 31.3 Å². The molecular weight excluding hydrogens is 290 g/mol. The van der Waals surface area contributed by atoms with Crippen molar-refractivity contribution in [2.24, 2.45) is 0 Å². The zero-order valence-electron chi connectivity index (χ0n) is 12.1. The number of methoxy groups -OCH3 is 2.